The van der Waals surface area contributed by atoms with Crippen molar-refractivity contribution in [3.63, 3.8) is 0 Å². The van der Waals surface area contributed by atoms with Gasteiger partial charge in [-0.2, -0.15) is 0 Å². The van der Waals surface area contributed by atoms with Crippen molar-refractivity contribution in [2.24, 2.45) is 0 Å². The van der Waals surface area contributed by atoms with Gasteiger partial charge in [0.2, 0.25) is 0 Å². The zero-order valence-corrected chi connectivity index (χ0v) is 23.0. The number of rotatable bonds is 4. The quantitative estimate of drug-likeness (QED) is 0.264. The topological polar surface area (TPSA) is 110 Å². The molecule has 0 aliphatic carbocycles. The summed E-state index contributed by atoms with van der Waals surface area (Å²) in [4.78, 5) is 66.6. The van der Waals surface area contributed by atoms with E-state index in [2.05, 4.69) is 9.97 Å². The van der Waals surface area contributed by atoms with E-state index in [1.165, 1.54) is 50.2 Å². The predicted molar refractivity (Wildman–Crippen MR) is 163 cm³/mol. The molecule has 0 spiro atoms. The number of hydrogen-bond acceptors (Lipinski definition) is 6. The molecule has 6 aromatic rings. The zero-order valence-electron chi connectivity index (χ0n) is 23.0. The molecule has 0 radical (unpaired) electrons. The van der Waals surface area contributed by atoms with Gasteiger partial charge in [0, 0.05) is 30.4 Å². The van der Waals surface area contributed by atoms with Crippen LogP contribution in [0.2, 0.25) is 0 Å². The Morgan fingerprint density at radius 1 is 0.545 bits per heavy atom. The van der Waals surface area contributed by atoms with Gasteiger partial charge in [-0.1, -0.05) is 42.5 Å². The van der Waals surface area contributed by atoms with E-state index in [0.29, 0.717) is 28.3 Å². The molecule has 10 heteroatoms. The third kappa shape index (κ3) is 4.38. The molecule has 1 aliphatic heterocycles. The van der Waals surface area contributed by atoms with Gasteiger partial charge in [-0.25, -0.2) is 9.97 Å². The van der Waals surface area contributed by atoms with Crippen LogP contribution in [0.25, 0.3) is 0 Å². The fourth-order valence-corrected chi connectivity index (χ4v) is 5.33. The van der Waals surface area contributed by atoms with Crippen LogP contribution in [-0.2, 0) is 0 Å². The minimum Gasteiger partial charge on any atom is -0.276 e. The molecular formula is C34H22N6O4. The Bertz CT molecular complexity index is 2070. The molecule has 0 saturated heterocycles. The lowest BCUT2D eigenvalue weighted by atomic mass is 10.00. The summed E-state index contributed by atoms with van der Waals surface area (Å²) in [6.45, 7) is 0. The first-order valence-corrected chi connectivity index (χ1v) is 13.6. The van der Waals surface area contributed by atoms with Crippen LogP contribution in [0.5, 0.6) is 0 Å². The first-order valence-electron chi connectivity index (χ1n) is 13.6. The number of anilines is 4. The highest BCUT2D eigenvalue weighted by molar-refractivity contribution is 6.25. The molecule has 4 aromatic carbocycles. The minimum atomic E-state index is -0.443. The monoisotopic (exact) mass is 578 g/mol. The number of nitrogens with zero attached hydrogens (tertiary/aromatic N) is 6. The summed E-state index contributed by atoms with van der Waals surface area (Å²) in [6, 6.07) is 27.0. The fourth-order valence-electron chi connectivity index (χ4n) is 5.33. The molecule has 0 saturated carbocycles. The molecule has 7 rings (SSSR count). The van der Waals surface area contributed by atoms with E-state index in [-0.39, 0.29) is 28.5 Å². The van der Waals surface area contributed by atoms with Crippen molar-refractivity contribution < 1.29 is 19.2 Å². The van der Waals surface area contributed by atoms with Crippen LogP contribution in [0.4, 0.5) is 22.7 Å². The molecule has 2 amide bonds. The highest BCUT2D eigenvalue weighted by Gasteiger charge is 2.35. The third-order valence-electron chi connectivity index (χ3n) is 7.36. The molecule has 10 nitrogen and oxygen atoms in total. The lowest BCUT2D eigenvalue weighted by Gasteiger charge is -2.34. The summed E-state index contributed by atoms with van der Waals surface area (Å²) in [7, 11) is 0. The number of carbonyl (C=O) groups excluding carboxylic acids is 4. The van der Waals surface area contributed by atoms with E-state index < -0.39 is 11.8 Å². The summed E-state index contributed by atoms with van der Waals surface area (Å²) in [5.41, 5.74) is 2.39. The Morgan fingerprint density at radius 2 is 1.09 bits per heavy atom. The molecule has 44 heavy (non-hydrogen) atoms. The Hall–Kier alpha value is -6.42. The number of hydrogen-bond donors (Lipinski definition) is 0. The molecule has 0 unspecified atom stereocenters. The summed E-state index contributed by atoms with van der Waals surface area (Å²) in [6.07, 6.45) is 8.89. The highest BCUT2D eigenvalue weighted by atomic mass is 16.2. The largest absolute Gasteiger partial charge is 0.276 e. The van der Waals surface area contributed by atoms with E-state index in [4.69, 9.17) is 0 Å². The molecule has 0 N–H and O–H groups in total. The maximum absolute atomic E-state index is 14.6. The van der Waals surface area contributed by atoms with Crippen molar-refractivity contribution in [3.8, 4) is 0 Å². The van der Waals surface area contributed by atoms with Gasteiger partial charge in [-0.05, 0) is 54.6 Å². The average Bonchev–Trinajstić information content (AvgIpc) is 3.81. The summed E-state index contributed by atoms with van der Waals surface area (Å²) in [5, 5.41) is 0. The predicted octanol–water partition coefficient (Wildman–Crippen LogP) is 5.73. The van der Waals surface area contributed by atoms with Gasteiger partial charge in [0.1, 0.15) is 12.7 Å². The van der Waals surface area contributed by atoms with Crippen LogP contribution in [0.15, 0.2) is 135 Å². The molecule has 1 aliphatic rings. The van der Waals surface area contributed by atoms with Crippen LogP contribution >= 0.6 is 0 Å². The summed E-state index contributed by atoms with van der Waals surface area (Å²) in [5.74, 6) is -1.57. The van der Waals surface area contributed by atoms with Crippen LogP contribution < -0.4 is 9.80 Å². The number of amides is 2. The van der Waals surface area contributed by atoms with Crippen LogP contribution in [0.1, 0.15) is 41.4 Å². The SMILES string of the molecule is O=C1c2ccccc2N(c2ccccc2C(=O)n2ccnc2)C(=O)c2ccccc2N1c1cccc(C(=O)n2ccnc2)c1. The van der Waals surface area contributed by atoms with Crippen LogP contribution in [0, 0.1) is 0 Å². The van der Waals surface area contributed by atoms with Crippen molar-refractivity contribution >= 4 is 46.4 Å². The molecule has 3 heterocycles. The van der Waals surface area contributed by atoms with Gasteiger partial charge in [0.05, 0.1) is 39.4 Å². The van der Waals surface area contributed by atoms with E-state index in [9.17, 15) is 19.2 Å². The highest BCUT2D eigenvalue weighted by Crippen LogP contribution is 2.41. The normalized spacial score (nSPS) is 12.7. The Balaban J connectivity index is 1.42. The second-order valence-corrected chi connectivity index (χ2v) is 9.93. The van der Waals surface area contributed by atoms with Gasteiger partial charge in [0.25, 0.3) is 23.6 Å². The molecular weight excluding hydrogens is 556 g/mol. The van der Waals surface area contributed by atoms with Gasteiger partial charge < -0.3 is 0 Å². The minimum absolute atomic E-state index is 0.228. The maximum Gasteiger partial charge on any atom is 0.265 e. The van der Waals surface area contributed by atoms with Gasteiger partial charge >= 0.3 is 0 Å². The second-order valence-electron chi connectivity index (χ2n) is 9.93. The zero-order chi connectivity index (χ0) is 30.2. The Kier molecular flexibility index (Phi) is 6.48. The summed E-state index contributed by atoms with van der Waals surface area (Å²) >= 11 is 0. The van der Waals surface area contributed by atoms with E-state index in [1.54, 1.807) is 103 Å². The molecule has 0 fully saturated rings. The third-order valence-corrected chi connectivity index (χ3v) is 7.36. The van der Waals surface area contributed by atoms with Crippen molar-refractivity contribution in [1.82, 2.24) is 19.1 Å². The van der Waals surface area contributed by atoms with Gasteiger partial charge in [-0.15, -0.1) is 0 Å². The Morgan fingerprint density at radius 3 is 1.73 bits per heavy atom. The van der Waals surface area contributed by atoms with Gasteiger partial charge in [0.15, 0.2) is 0 Å². The second kappa shape index (κ2) is 10.8. The Labute approximate surface area is 251 Å². The molecule has 0 bridgehead atoms. The molecule has 212 valence electrons. The van der Waals surface area contributed by atoms with Crippen LogP contribution in [-0.4, -0.2) is 42.7 Å². The van der Waals surface area contributed by atoms with E-state index in [1.807, 2.05) is 0 Å². The fraction of sp³-hybridized carbons (Fsp3) is 0. The maximum atomic E-state index is 14.6. The van der Waals surface area contributed by atoms with Crippen molar-refractivity contribution in [3.05, 3.63) is 157 Å². The van der Waals surface area contributed by atoms with Crippen molar-refractivity contribution in [2.45, 2.75) is 0 Å². The molecule has 0 atom stereocenters. The lowest BCUT2D eigenvalue weighted by molar-refractivity contribution is 0.0950. The lowest BCUT2D eigenvalue weighted by Crippen LogP contribution is -2.37. The summed E-state index contributed by atoms with van der Waals surface area (Å²) < 4.78 is 2.68. The average molecular weight is 579 g/mol. The van der Waals surface area contributed by atoms with Gasteiger partial charge in [-0.3, -0.25) is 38.1 Å². The van der Waals surface area contributed by atoms with Crippen molar-refractivity contribution in [1.29, 1.82) is 0 Å². The number of fused-ring (bicyclic) bond motifs is 2. The smallest absolute Gasteiger partial charge is 0.265 e. The van der Waals surface area contributed by atoms with E-state index in [0.717, 1.165) is 0 Å². The number of benzene rings is 4. The first-order chi connectivity index (χ1) is 21.5. The number of imidazole rings is 2. The number of para-hydroxylation sites is 3. The van der Waals surface area contributed by atoms with Crippen LogP contribution in [0.3, 0.4) is 0 Å². The van der Waals surface area contributed by atoms with E-state index >= 15 is 0 Å². The number of carbonyl (C=O) groups is 4. The number of aromatic nitrogens is 4. The van der Waals surface area contributed by atoms with Crippen molar-refractivity contribution in [2.75, 3.05) is 9.80 Å². The standard InChI is InChI=1S/C34H22N6O4/c41-31(37-18-16-35-21-37)23-8-7-9-24(20-23)39-28-13-4-2-11-26(28)34(44)40(30-15-6-3-12-27(30)33(39)43)29-14-5-1-10-25(29)32(42)38-19-17-36-22-38/h1-22H. The first kappa shape index (κ1) is 26.5. The molecule has 2 aromatic heterocycles.